The lowest BCUT2D eigenvalue weighted by Gasteiger charge is -2.47. The summed E-state index contributed by atoms with van der Waals surface area (Å²) < 4.78 is 18.2. The number of ether oxygens (including phenoxy) is 3. The molecular formula is C18H22N6O8. The topological polar surface area (TPSA) is 186 Å². The van der Waals surface area contributed by atoms with Crippen molar-refractivity contribution in [1.82, 2.24) is 14.5 Å². The Morgan fingerprint density at radius 3 is 2.59 bits per heavy atom. The predicted octanol–water partition coefficient (Wildman–Crippen LogP) is -0.401. The zero-order valence-corrected chi connectivity index (χ0v) is 17.6. The largest absolute Gasteiger partial charge is 0.453 e. The minimum atomic E-state index is -1.58. The van der Waals surface area contributed by atoms with Gasteiger partial charge in [-0.25, -0.2) is 4.79 Å². The molecule has 1 aromatic rings. The standard InChI is InChI=1S/C18H22N6O8/c1-9(25)24-8-13-18(32-11(3)27,6-12(24)7-20-22-19)15(30-10(2)26)16(31-13)23-5-4-14(28)21-17(23)29/h4-5,12-13,15-16H,6-8H2,1-3H3,(H,21,28,29)/t12-,13+,15-,16+,18+/m0/s1. The zero-order valence-electron chi connectivity index (χ0n) is 17.6. The van der Waals surface area contributed by atoms with E-state index in [-0.39, 0.29) is 25.4 Å². The van der Waals surface area contributed by atoms with Gasteiger partial charge in [-0.05, 0) is 5.53 Å². The Bertz CT molecular complexity index is 1090. The van der Waals surface area contributed by atoms with Gasteiger partial charge < -0.3 is 19.1 Å². The number of fused-ring (bicyclic) bond motifs is 1. The van der Waals surface area contributed by atoms with Crippen LogP contribution in [0.1, 0.15) is 33.4 Å². The van der Waals surface area contributed by atoms with Crippen molar-refractivity contribution < 1.29 is 28.6 Å². The molecule has 0 saturated carbocycles. The summed E-state index contributed by atoms with van der Waals surface area (Å²) in [4.78, 5) is 66.4. The summed E-state index contributed by atoms with van der Waals surface area (Å²) in [5.74, 6) is -1.77. The second kappa shape index (κ2) is 8.85. The van der Waals surface area contributed by atoms with Crippen LogP contribution >= 0.6 is 0 Å². The average molecular weight is 450 g/mol. The molecule has 0 aromatic carbocycles. The van der Waals surface area contributed by atoms with E-state index in [0.29, 0.717) is 0 Å². The SMILES string of the molecule is CC(=O)O[C@H]1[C@H](n2ccc(=O)[nH]c2=O)O[C@@H]2CN(C(C)=O)[C@H](CN=[N+]=[N-])C[C@@]21OC(C)=O. The highest BCUT2D eigenvalue weighted by molar-refractivity contribution is 5.74. The van der Waals surface area contributed by atoms with Crippen molar-refractivity contribution in [1.29, 1.82) is 0 Å². The summed E-state index contributed by atoms with van der Waals surface area (Å²) in [6.45, 7) is 3.42. The molecule has 2 fully saturated rings. The number of hydrogen-bond acceptors (Lipinski definition) is 9. The van der Waals surface area contributed by atoms with Crippen LogP contribution in [0.5, 0.6) is 0 Å². The van der Waals surface area contributed by atoms with Crippen molar-refractivity contribution in [2.75, 3.05) is 13.1 Å². The molecule has 3 rings (SSSR count). The van der Waals surface area contributed by atoms with E-state index >= 15 is 0 Å². The Morgan fingerprint density at radius 2 is 2.03 bits per heavy atom. The van der Waals surface area contributed by atoms with Crippen molar-refractivity contribution in [2.45, 2.75) is 57.3 Å². The highest BCUT2D eigenvalue weighted by atomic mass is 16.7. The number of nitrogens with zero attached hydrogens (tertiary/aromatic N) is 5. The third-order valence-electron chi connectivity index (χ3n) is 5.46. The Hall–Kier alpha value is -3.64. The number of H-pyrrole nitrogens is 1. The Labute approximate surface area is 180 Å². The van der Waals surface area contributed by atoms with Gasteiger partial charge in [-0.1, -0.05) is 5.11 Å². The lowest BCUT2D eigenvalue weighted by atomic mass is 9.80. The fraction of sp³-hybridized carbons (Fsp3) is 0.611. The van der Waals surface area contributed by atoms with Crippen LogP contribution in [0.2, 0.25) is 0 Å². The van der Waals surface area contributed by atoms with Gasteiger partial charge in [-0.3, -0.25) is 28.7 Å². The summed E-state index contributed by atoms with van der Waals surface area (Å²) in [5, 5.41) is 3.54. The van der Waals surface area contributed by atoms with Gasteiger partial charge in [0.15, 0.2) is 17.9 Å². The zero-order chi connectivity index (χ0) is 23.6. The number of aromatic nitrogens is 2. The van der Waals surface area contributed by atoms with Crippen LogP contribution in [0.25, 0.3) is 10.4 Å². The first-order valence-corrected chi connectivity index (χ1v) is 9.71. The number of carbonyl (C=O) groups excluding carboxylic acids is 3. The smallest absolute Gasteiger partial charge is 0.330 e. The number of aromatic amines is 1. The van der Waals surface area contributed by atoms with Gasteiger partial charge in [0.05, 0.1) is 6.54 Å². The van der Waals surface area contributed by atoms with Gasteiger partial charge in [-0.2, -0.15) is 0 Å². The minimum absolute atomic E-state index is 0.0810. The number of hydrogen-bond donors (Lipinski definition) is 1. The van der Waals surface area contributed by atoms with Crippen molar-refractivity contribution in [2.24, 2.45) is 5.11 Å². The molecule has 0 aliphatic carbocycles. The molecule has 1 aromatic heterocycles. The Balaban J connectivity index is 2.15. The van der Waals surface area contributed by atoms with Crippen LogP contribution in [0.3, 0.4) is 0 Å². The molecule has 0 unspecified atom stereocenters. The maximum atomic E-state index is 12.4. The highest BCUT2D eigenvalue weighted by Crippen LogP contribution is 2.47. The van der Waals surface area contributed by atoms with E-state index in [2.05, 4.69) is 15.0 Å². The monoisotopic (exact) mass is 450 g/mol. The minimum Gasteiger partial charge on any atom is -0.453 e. The van der Waals surface area contributed by atoms with E-state index in [4.69, 9.17) is 19.7 Å². The summed E-state index contributed by atoms with van der Waals surface area (Å²) in [6.07, 6.45) is -2.45. The number of likely N-dealkylation sites (tertiary alicyclic amines) is 1. The Morgan fingerprint density at radius 1 is 1.31 bits per heavy atom. The van der Waals surface area contributed by atoms with Gasteiger partial charge in [-0.15, -0.1) is 0 Å². The first-order chi connectivity index (χ1) is 15.1. The average Bonchev–Trinajstić information content (AvgIpc) is 2.97. The van der Waals surface area contributed by atoms with Crippen molar-refractivity contribution in [3.05, 3.63) is 43.5 Å². The first-order valence-electron chi connectivity index (χ1n) is 9.71. The number of amides is 1. The molecule has 0 bridgehead atoms. The van der Waals surface area contributed by atoms with Gasteiger partial charge in [0, 0.05) is 57.0 Å². The van der Waals surface area contributed by atoms with E-state index < -0.39 is 53.3 Å². The van der Waals surface area contributed by atoms with E-state index in [0.717, 1.165) is 24.5 Å². The highest BCUT2D eigenvalue weighted by Gasteiger charge is 2.65. The third kappa shape index (κ3) is 4.22. The van der Waals surface area contributed by atoms with E-state index in [9.17, 15) is 24.0 Å². The molecule has 172 valence electrons. The van der Waals surface area contributed by atoms with Crippen LogP contribution in [-0.4, -0.2) is 69.2 Å². The van der Waals surface area contributed by atoms with Crippen LogP contribution in [0.4, 0.5) is 0 Å². The quantitative estimate of drug-likeness (QED) is 0.271. The van der Waals surface area contributed by atoms with E-state index in [1.807, 2.05) is 0 Å². The predicted molar refractivity (Wildman–Crippen MR) is 105 cm³/mol. The molecule has 14 nitrogen and oxygen atoms in total. The second-order valence-electron chi connectivity index (χ2n) is 7.55. The van der Waals surface area contributed by atoms with Crippen molar-refractivity contribution >= 4 is 17.8 Å². The molecule has 32 heavy (non-hydrogen) atoms. The van der Waals surface area contributed by atoms with E-state index in [1.54, 1.807) is 0 Å². The molecule has 0 spiro atoms. The molecule has 2 aliphatic rings. The number of nitrogens with one attached hydrogen (secondary N) is 1. The van der Waals surface area contributed by atoms with Crippen molar-refractivity contribution in [3.8, 4) is 0 Å². The van der Waals surface area contributed by atoms with Gasteiger partial charge in [0.25, 0.3) is 5.56 Å². The van der Waals surface area contributed by atoms with Crippen molar-refractivity contribution in [3.63, 3.8) is 0 Å². The van der Waals surface area contributed by atoms with Gasteiger partial charge in [0.1, 0.15) is 6.10 Å². The second-order valence-corrected chi connectivity index (χ2v) is 7.55. The van der Waals surface area contributed by atoms with Gasteiger partial charge in [0.2, 0.25) is 5.91 Å². The van der Waals surface area contributed by atoms with Crippen LogP contribution in [0, 0.1) is 0 Å². The number of rotatable bonds is 5. The Kier molecular flexibility index (Phi) is 6.37. The first kappa shape index (κ1) is 23.0. The molecule has 2 aliphatic heterocycles. The number of azide groups is 1. The van der Waals surface area contributed by atoms with Crippen LogP contribution in [0.15, 0.2) is 27.0 Å². The molecule has 1 N–H and O–H groups in total. The molecule has 0 radical (unpaired) electrons. The van der Waals surface area contributed by atoms with E-state index in [1.165, 1.54) is 18.0 Å². The lowest BCUT2D eigenvalue weighted by molar-refractivity contribution is -0.196. The summed E-state index contributed by atoms with van der Waals surface area (Å²) in [5.41, 5.74) is 5.69. The number of carbonyl (C=O) groups is 3. The maximum Gasteiger partial charge on any atom is 0.330 e. The fourth-order valence-corrected chi connectivity index (χ4v) is 4.32. The summed E-state index contributed by atoms with van der Waals surface area (Å²) in [7, 11) is 0. The fourth-order valence-electron chi connectivity index (χ4n) is 4.32. The molecule has 3 heterocycles. The summed E-state index contributed by atoms with van der Waals surface area (Å²) >= 11 is 0. The maximum absolute atomic E-state index is 12.4. The van der Waals surface area contributed by atoms with Crippen LogP contribution < -0.4 is 11.2 Å². The number of piperidine rings is 1. The van der Waals surface area contributed by atoms with Gasteiger partial charge >= 0.3 is 17.6 Å². The van der Waals surface area contributed by atoms with Crippen LogP contribution in [-0.2, 0) is 28.6 Å². The molecule has 5 atom stereocenters. The molecule has 2 saturated heterocycles. The molecule has 1 amide bonds. The third-order valence-corrected chi connectivity index (χ3v) is 5.46. The summed E-state index contributed by atoms with van der Waals surface area (Å²) in [6, 6.07) is 0.397. The number of esters is 2. The molecule has 14 heteroatoms. The lowest BCUT2D eigenvalue weighted by Crippen LogP contribution is -2.65. The normalized spacial score (nSPS) is 28.9. The molecular weight excluding hydrogens is 428 g/mol.